The summed E-state index contributed by atoms with van der Waals surface area (Å²) in [6.45, 7) is 4.73. The molecule has 6 nitrogen and oxygen atoms in total. The second-order valence-electron chi connectivity index (χ2n) is 6.02. The number of morpholine rings is 1. The number of benzene rings is 1. The Labute approximate surface area is 142 Å². The zero-order chi connectivity index (χ0) is 16.8. The Morgan fingerprint density at radius 3 is 2.75 bits per heavy atom. The minimum atomic E-state index is -0.0749. The Morgan fingerprint density at radius 1 is 1.25 bits per heavy atom. The van der Waals surface area contributed by atoms with Gasteiger partial charge in [0.1, 0.15) is 5.69 Å². The average molecular weight is 328 g/mol. The van der Waals surface area contributed by atoms with Crippen LogP contribution in [0.3, 0.4) is 0 Å². The van der Waals surface area contributed by atoms with Crippen LogP contribution in [0, 0.1) is 0 Å². The molecular weight excluding hydrogens is 304 g/mol. The zero-order valence-corrected chi connectivity index (χ0v) is 14.1. The molecule has 1 N–H and O–H groups in total. The lowest BCUT2D eigenvalue weighted by molar-refractivity contribution is 0.0336. The topological polar surface area (TPSA) is 59.4 Å². The van der Waals surface area contributed by atoms with E-state index >= 15 is 0 Å². The quantitative estimate of drug-likeness (QED) is 0.866. The van der Waals surface area contributed by atoms with Crippen LogP contribution in [-0.2, 0) is 24.8 Å². The van der Waals surface area contributed by atoms with Crippen LogP contribution in [0.25, 0.3) is 0 Å². The highest BCUT2D eigenvalue weighted by atomic mass is 16.5. The van der Waals surface area contributed by atoms with E-state index in [0.29, 0.717) is 12.2 Å². The maximum atomic E-state index is 12.4. The van der Waals surface area contributed by atoms with Crippen LogP contribution in [0.1, 0.15) is 21.7 Å². The van der Waals surface area contributed by atoms with Crippen molar-refractivity contribution < 1.29 is 9.53 Å². The van der Waals surface area contributed by atoms with Crippen LogP contribution < -0.4 is 5.32 Å². The van der Waals surface area contributed by atoms with E-state index in [0.717, 1.165) is 45.0 Å². The van der Waals surface area contributed by atoms with Gasteiger partial charge >= 0.3 is 0 Å². The first-order valence-electron chi connectivity index (χ1n) is 8.37. The summed E-state index contributed by atoms with van der Waals surface area (Å²) in [6.07, 6.45) is 0.824. The molecule has 0 aliphatic carbocycles. The standard InChI is InChI=1S/C18H24N4O2/c1-21-17(13-16(20-21)14-22-9-11-24-12-10-22)18(23)19-8-7-15-5-3-2-4-6-15/h2-6,13H,7-12,14H2,1H3,(H,19,23). The van der Waals surface area contributed by atoms with E-state index in [-0.39, 0.29) is 5.91 Å². The monoisotopic (exact) mass is 328 g/mol. The van der Waals surface area contributed by atoms with Gasteiger partial charge in [-0.05, 0) is 18.1 Å². The molecule has 3 rings (SSSR count). The number of rotatable bonds is 6. The maximum absolute atomic E-state index is 12.4. The Morgan fingerprint density at radius 2 is 2.00 bits per heavy atom. The summed E-state index contributed by atoms with van der Waals surface area (Å²) in [4.78, 5) is 14.7. The van der Waals surface area contributed by atoms with Crippen molar-refractivity contribution in [2.24, 2.45) is 7.05 Å². The minimum absolute atomic E-state index is 0.0749. The fraction of sp³-hybridized carbons (Fsp3) is 0.444. The molecule has 2 heterocycles. The third-order valence-electron chi connectivity index (χ3n) is 4.19. The van der Waals surface area contributed by atoms with E-state index in [2.05, 4.69) is 27.4 Å². The van der Waals surface area contributed by atoms with Crippen molar-refractivity contribution in [1.29, 1.82) is 0 Å². The molecule has 0 bridgehead atoms. The molecule has 0 unspecified atom stereocenters. The van der Waals surface area contributed by atoms with Gasteiger partial charge in [-0.3, -0.25) is 14.4 Å². The highest BCUT2D eigenvalue weighted by molar-refractivity contribution is 5.92. The van der Waals surface area contributed by atoms with Gasteiger partial charge in [0, 0.05) is 33.2 Å². The SMILES string of the molecule is Cn1nc(CN2CCOCC2)cc1C(=O)NCCc1ccccc1. The fourth-order valence-electron chi connectivity index (χ4n) is 2.86. The van der Waals surface area contributed by atoms with E-state index in [4.69, 9.17) is 4.74 Å². The van der Waals surface area contributed by atoms with Gasteiger partial charge in [0.2, 0.25) is 0 Å². The number of nitrogens with one attached hydrogen (secondary N) is 1. The number of hydrogen-bond donors (Lipinski definition) is 1. The van der Waals surface area contributed by atoms with Crippen LogP contribution in [0.2, 0.25) is 0 Å². The number of nitrogens with zero attached hydrogens (tertiary/aromatic N) is 3. The summed E-state index contributed by atoms with van der Waals surface area (Å²) in [5.74, 6) is -0.0749. The number of carbonyl (C=O) groups is 1. The first-order chi connectivity index (χ1) is 11.7. The first kappa shape index (κ1) is 16.7. The Hall–Kier alpha value is -2.18. The van der Waals surface area contributed by atoms with Crippen molar-refractivity contribution in [1.82, 2.24) is 20.0 Å². The summed E-state index contributed by atoms with van der Waals surface area (Å²) in [5.41, 5.74) is 2.75. The smallest absolute Gasteiger partial charge is 0.269 e. The third-order valence-corrected chi connectivity index (χ3v) is 4.19. The Bertz CT molecular complexity index is 663. The molecule has 1 fully saturated rings. The number of amides is 1. The predicted octanol–water partition coefficient (Wildman–Crippen LogP) is 1.22. The molecular formula is C18H24N4O2. The van der Waals surface area contributed by atoms with Crippen molar-refractivity contribution in [3.8, 4) is 0 Å². The maximum Gasteiger partial charge on any atom is 0.269 e. The number of carbonyl (C=O) groups excluding carboxylic acids is 1. The van der Waals surface area contributed by atoms with Gasteiger partial charge in [0.15, 0.2) is 0 Å². The summed E-state index contributed by atoms with van der Waals surface area (Å²) >= 11 is 0. The number of ether oxygens (including phenoxy) is 1. The molecule has 0 radical (unpaired) electrons. The molecule has 128 valence electrons. The lowest BCUT2D eigenvalue weighted by Crippen LogP contribution is -2.35. The normalized spacial score (nSPS) is 15.4. The molecule has 24 heavy (non-hydrogen) atoms. The molecule has 1 saturated heterocycles. The molecule has 1 aliphatic rings. The van der Waals surface area contributed by atoms with Crippen LogP contribution in [-0.4, -0.2) is 53.4 Å². The lowest BCUT2D eigenvalue weighted by Gasteiger charge is -2.25. The van der Waals surface area contributed by atoms with Crippen LogP contribution in [0.15, 0.2) is 36.4 Å². The van der Waals surface area contributed by atoms with Gasteiger partial charge in [0.05, 0.1) is 18.9 Å². The van der Waals surface area contributed by atoms with Gasteiger partial charge in [-0.15, -0.1) is 0 Å². The highest BCUT2D eigenvalue weighted by Crippen LogP contribution is 2.08. The van der Waals surface area contributed by atoms with Crippen LogP contribution in [0.4, 0.5) is 0 Å². The molecule has 0 atom stereocenters. The van der Waals surface area contributed by atoms with E-state index in [1.54, 1.807) is 4.68 Å². The summed E-state index contributed by atoms with van der Waals surface area (Å²) in [7, 11) is 1.81. The van der Waals surface area contributed by atoms with E-state index in [9.17, 15) is 4.79 Å². The second kappa shape index (κ2) is 8.08. The molecule has 2 aromatic rings. The molecule has 1 amide bonds. The first-order valence-corrected chi connectivity index (χ1v) is 8.37. The molecule has 0 saturated carbocycles. The van der Waals surface area contributed by atoms with Gasteiger partial charge in [-0.2, -0.15) is 5.10 Å². The van der Waals surface area contributed by atoms with Crippen molar-refractivity contribution in [2.75, 3.05) is 32.8 Å². The van der Waals surface area contributed by atoms with E-state index in [1.165, 1.54) is 5.56 Å². The van der Waals surface area contributed by atoms with Gasteiger partial charge < -0.3 is 10.1 Å². The van der Waals surface area contributed by atoms with Crippen molar-refractivity contribution in [3.05, 3.63) is 53.3 Å². The molecule has 6 heteroatoms. The Kier molecular flexibility index (Phi) is 5.61. The van der Waals surface area contributed by atoms with Gasteiger partial charge in [-0.25, -0.2) is 0 Å². The zero-order valence-electron chi connectivity index (χ0n) is 14.1. The fourth-order valence-corrected chi connectivity index (χ4v) is 2.86. The highest BCUT2D eigenvalue weighted by Gasteiger charge is 2.16. The summed E-state index contributed by atoms with van der Waals surface area (Å²) in [6, 6.07) is 12.0. The third kappa shape index (κ3) is 4.43. The largest absolute Gasteiger partial charge is 0.379 e. The van der Waals surface area contributed by atoms with Gasteiger partial charge in [0.25, 0.3) is 5.91 Å². The van der Waals surface area contributed by atoms with Crippen molar-refractivity contribution in [2.45, 2.75) is 13.0 Å². The molecule has 1 aliphatic heterocycles. The number of hydrogen-bond acceptors (Lipinski definition) is 4. The average Bonchev–Trinajstić information content (AvgIpc) is 2.97. The Balaban J connectivity index is 1.52. The summed E-state index contributed by atoms with van der Waals surface area (Å²) in [5, 5.41) is 7.44. The molecule has 1 aromatic carbocycles. The van der Waals surface area contributed by atoms with Crippen molar-refractivity contribution in [3.63, 3.8) is 0 Å². The minimum Gasteiger partial charge on any atom is -0.379 e. The van der Waals surface area contributed by atoms with Crippen LogP contribution in [0.5, 0.6) is 0 Å². The van der Waals surface area contributed by atoms with Gasteiger partial charge in [-0.1, -0.05) is 30.3 Å². The number of aromatic nitrogens is 2. The summed E-state index contributed by atoms with van der Waals surface area (Å²) < 4.78 is 7.01. The second-order valence-corrected chi connectivity index (χ2v) is 6.02. The van der Waals surface area contributed by atoms with E-state index < -0.39 is 0 Å². The molecule has 0 spiro atoms. The van der Waals surface area contributed by atoms with E-state index in [1.807, 2.05) is 31.3 Å². The lowest BCUT2D eigenvalue weighted by atomic mass is 10.1. The number of aryl methyl sites for hydroxylation is 1. The predicted molar refractivity (Wildman–Crippen MR) is 91.8 cm³/mol. The van der Waals surface area contributed by atoms with Crippen molar-refractivity contribution >= 4 is 5.91 Å². The molecule has 1 aromatic heterocycles. The van der Waals surface area contributed by atoms with Crippen LogP contribution >= 0.6 is 0 Å².